The van der Waals surface area contributed by atoms with Crippen LogP contribution in [0.2, 0.25) is 0 Å². The van der Waals surface area contributed by atoms with Gasteiger partial charge in [0.15, 0.2) is 0 Å². The molecular formula is C20H17N3O2. The number of nitrogens with zero attached hydrogens (tertiary/aromatic N) is 2. The highest BCUT2D eigenvalue weighted by Gasteiger charge is 2.23. The number of fused-ring (bicyclic) bond motifs is 1. The number of aromatic nitrogens is 1. The van der Waals surface area contributed by atoms with E-state index in [9.17, 15) is 9.59 Å². The van der Waals surface area contributed by atoms with Gasteiger partial charge in [0, 0.05) is 17.5 Å². The first-order valence-corrected chi connectivity index (χ1v) is 8.18. The molecule has 124 valence electrons. The monoisotopic (exact) mass is 331 g/mol. The maximum absolute atomic E-state index is 11.7. The van der Waals surface area contributed by atoms with Crippen LogP contribution in [0.15, 0.2) is 60.7 Å². The summed E-state index contributed by atoms with van der Waals surface area (Å²) in [6.45, 7) is 0.931. The van der Waals surface area contributed by atoms with Gasteiger partial charge in [-0.15, -0.1) is 0 Å². The average molecular weight is 331 g/mol. The lowest BCUT2D eigenvalue weighted by atomic mass is 10.0. The van der Waals surface area contributed by atoms with E-state index in [1.165, 1.54) is 0 Å². The van der Waals surface area contributed by atoms with Gasteiger partial charge >= 0.3 is 0 Å². The Bertz CT molecular complexity index is 938. The van der Waals surface area contributed by atoms with Crippen LogP contribution in [0.25, 0.3) is 22.2 Å². The van der Waals surface area contributed by atoms with Crippen LogP contribution in [0, 0.1) is 0 Å². The molecule has 1 fully saturated rings. The maximum atomic E-state index is 11.7. The molecule has 1 saturated heterocycles. The molecule has 0 atom stereocenters. The smallest absolute Gasteiger partial charge is 0.240 e. The van der Waals surface area contributed by atoms with Gasteiger partial charge in [-0.05, 0) is 17.7 Å². The molecule has 0 bridgehead atoms. The summed E-state index contributed by atoms with van der Waals surface area (Å²) >= 11 is 0. The summed E-state index contributed by atoms with van der Waals surface area (Å²) in [4.78, 5) is 30.0. The van der Waals surface area contributed by atoms with Crippen molar-refractivity contribution in [3.05, 3.63) is 66.2 Å². The first kappa shape index (κ1) is 15.5. The zero-order valence-electron chi connectivity index (χ0n) is 13.6. The fourth-order valence-electron chi connectivity index (χ4n) is 3.18. The van der Waals surface area contributed by atoms with Crippen LogP contribution in [0.3, 0.4) is 0 Å². The van der Waals surface area contributed by atoms with Crippen molar-refractivity contribution in [3.8, 4) is 11.3 Å². The average Bonchev–Trinajstić information content (AvgIpc) is 2.61. The Labute approximate surface area is 145 Å². The third-order valence-electron chi connectivity index (χ3n) is 4.26. The van der Waals surface area contributed by atoms with Crippen molar-refractivity contribution < 1.29 is 9.59 Å². The standard InChI is InChI=1S/C20H17N3O2/c24-18-12-23(13-19(25)22-18)11-16-10-15-8-4-5-9-17(15)21-20(16)14-6-2-1-3-7-14/h1-10H,11-13H2,(H,22,24,25). The number of para-hydroxylation sites is 1. The minimum Gasteiger partial charge on any atom is -0.294 e. The van der Waals surface area contributed by atoms with Gasteiger partial charge in [0.1, 0.15) is 0 Å². The predicted octanol–water partition coefficient (Wildman–Crippen LogP) is 2.36. The number of amides is 2. The minimum absolute atomic E-state index is 0.215. The summed E-state index contributed by atoms with van der Waals surface area (Å²) in [5.41, 5.74) is 3.85. The zero-order chi connectivity index (χ0) is 17.2. The molecule has 4 rings (SSSR count). The van der Waals surface area contributed by atoms with Crippen LogP contribution in [0.4, 0.5) is 0 Å². The Morgan fingerprint density at radius 3 is 2.36 bits per heavy atom. The molecule has 2 amide bonds. The van der Waals surface area contributed by atoms with Gasteiger partial charge in [-0.2, -0.15) is 0 Å². The molecule has 3 aromatic rings. The number of carbonyl (C=O) groups is 2. The third kappa shape index (κ3) is 3.27. The van der Waals surface area contributed by atoms with E-state index in [0.717, 1.165) is 27.7 Å². The van der Waals surface area contributed by atoms with E-state index in [4.69, 9.17) is 4.98 Å². The normalized spacial score (nSPS) is 15.4. The Kier molecular flexibility index (Phi) is 3.99. The van der Waals surface area contributed by atoms with Crippen LogP contribution in [0.1, 0.15) is 5.56 Å². The number of hydrogen-bond donors (Lipinski definition) is 1. The number of piperazine rings is 1. The first-order valence-electron chi connectivity index (χ1n) is 8.18. The van der Waals surface area contributed by atoms with Crippen molar-refractivity contribution in [2.45, 2.75) is 6.54 Å². The molecule has 0 saturated carbocycles. The Morgan fingerprint density at radius 2 is 1.60 bits per heavy atom. The first-order chi connectivity index (χ1) is 12.2. The number of benzene rings is 2. The van der Waals surface area contributed by atoms with E-state index in [2.05, 4.69) is 11.4 Å². The van der Waals surface area contributed by atoms with Gasteiger partial charge in [-0.3, -0.25) is 19.8 Å². The molecule has 0 spiro atoms. The molecule has 1 aliphatic rings. The van der Waals surface area contributed by atoms with Crippen molar-refractivity contribution in [1.29, 1.82) is 0 Å². The lowest BCUT2D eigenvalue weighted by Crippen LogP contribution is -2.50. The number of nitrogens with one attached hydrogen (secondary N) is 1. The van der Waals surface area contributed by atoms with E-state index in [1.54, 1.807) is 0 Å². The largest absolute Gasteiger partial charge is 0.294 e. The van der Waals surface area contributed by atoms with E-state index >= 15 is 0 Å². The van der Waals surface area contributed by atoms with Crippen LogP contribution in [-0.4, -0.2) is 34.8 Å². The highest BCUT2D eigenvalue weighted by molar-refractivity contribution is 5.99. The Balaban J connectivity index is 1.78. The Morgan fingerprint density at radius 1 is 0.920 bits per heavy atom. The summed E-state index contributed by atoms with van der Waals surface area (Å²) in [6, 6.07) is 20.0. The maximum Gasteiger partial charge on any atom is 0.240 e. The van der Waals surface area contributed by atoms with Gasteiger partial charge in [0.05, 0.1) is 24.3 Å². The number of rotatable bonds is 3. The molecule has 0 radical (unpaired) electrons. The molecule has 25 heavy (non-hydrogen) atoms. The van der Waals surface area contributed by atoms with E-state index < -0.39 is 0 Å². The SMILES string of the molecule is O=C1CN(Cc2cc3ccccc3nc2-c2ccccc2)CC(=O)N1. The molecule has 5 nitrogen and oxygen atoms in total. The second-order valence-corrected chi connectivity index (χ2v) is 6.17. The topological polar surface area (TPSA) is 62.3 Å². The van der Waals surface area contributed by atoms with Crippen molar-refractivity contribution in [3.63, 3.8) is 0 Å². The molecule has 1 aromatic heterocycles. The lowest BCUT2D eigenvalue weighted by molar-refractivity contribution is -0.136. The predicted molar refractivity (Wildman–Crippen MR) is 95.6 cm³/mol. The van der Waals surface area contributed by atoms with E-state index in [1.807, 2.05) is 59.5 Å². The summed E-state index contributed by atoms with van der Waals surface area (Å²) in [5.74, 6) is -0.516. The van der Waals surface area contributed by atoms with Crippen LogP contribution >= 0.6 is 0 Å². The molecule has 5 heteroatoms. The molecular weight excluding hydrogens is 314 g/mol. The summed E-state index contributed by atoms with van der Waals surface area (Å²) < 4.78 is 0. The van der Waals surface area contributed by atoms with Crippen molar-refractivity contribution >= 4 is 22.7 Å². The van der Waals surface area contributed by atoms with Gasteiger partial charge in [-0.1, -0.05) is 48.5 Å². The zero-order valence-corrected chi connectivity index (χ0v) is 13.6. The van der Waals surface area contributed by atoms with Crippen molar-refractivity contribution in [1.82, 2.24) is 15.2 Å². The number of imide groups is 1. The Hall–Kier alpha value is -3.05. The number of carbonyl (C=O) groups excluding carboxylic acids is 2. The van der Waals surface area contributed by atoms with Crippen LogP contribution in [0.5, 0.6) is 0 Å². The summed E-state index contributed by atoms with van der Waals surface area (Å²) in [7, 11) is 0. The second-order valence-electron chi connectivity index (χ2n) is 6.17. The third-order valence-corrected chi connectivity index (χ3v) is 4.26. The van der Waals surface area contributed by atoms with Gasteiger partial charge in [0.2, 0.25) is 11.8 Å². The lowest BCUT2D eigenvalue weighted by Gasteiger charge is -2.26. The van der Waals surface area contributed by atoms with Gasteiger partial charge in [0.25, 0.3) is 0 Å². The quantitative estimate of drug-likeness (QED) is 0.749. The van der Waals surface area contributed by atoms with Gasteiger partial charge < -0.3 is 0 Å². The van der Waals surface area contributed by atoms with E-state index in [-0.39, 0.29) is 24.9 Å². The number of pyridine rings is 1. The highest BCUT2D eigenvalue weighted by Crippen LogP contribution is 2.26. The molecule has 0 unspecified atom stereocenters. The molecule has 2 heterocycles. The summed E-state index contributed by atoms with van der Waals surface area (Å²) in [6.07, 6.45) is 0. The fourth-order valence-corrected chi connectivity index (χ4v) is 3.18. The second kappa shape index (κ2) is 6.45. The molecule has 1 aliphatic heterocycles. The van der Waals surface area contributed by atoms with Crippen LogP contribution in [-0.2, 0) is 16.1 Å². The van der Waals surface area contributed by atoms with Crippen molar-refractivity contribution in [2.24, 2.45) is 0 Å². The molecule has 0 aliphatic carbocycles. The number of hydrogen-bond acceptors (Lipinski definition) is 4. The van der Waals surface area contributed by atoms with E-state index in [0.29, 0.717) is 6.54 Å². The van der Waals surface area contributed by atoms with Crippen molar-refractivity contribution in [2.75, 3.05) is 13.1 Å². The minimum atomic E-state index is -0.258. The van der Waals surface area contributed by atoms with Gasteiger partial charge in [-0.25, -0.2) is 4.98 Å². The molecule has 2 aromatic carbocycles. The summed E-state index contributed by atoms with van der Waals surface area (Å²) in [5, 5.41) is 3.38. The fraction of sp³-hybridized carbons (Fsp3) is 0.150. The molecule has 1 N–H and O–H groups in total. The highest BCUT2D eigenvalue weighted by atomic mass is 16.2. The van der Waals surface area contributed by atoms with Crippen LogP contribution < -0.4 is 5.32 Å².